The fourth-order valence-electron chi connectivity index (χ4n) is 0.959. The lowest BCUT2D eigenvalue weighted by Gasteiger charge is -2.06. The molecule has 1 rings (SSSR count). The van der Waals surface area contributed by atoms with Gasteiger partial charge in [-0.25, -0.2) is 10.3 Å². The molecule has 0 amide bonds. The van der Waals surface area contributed by atoms with Crippen molar-refractivity contribution in [3.05, 3.63) is 33.0 Å². The molecule has 72 valence electrons. The van der Waals surface area contributed by atoms with E-state index < -0.39 is 0 Å². The van der Waals surface area contributed by atoms with Gasteiger partial charge in [0, 0.05) is 16.5 Å². The molecule has 0 saturated heterocycles. The summed E-state index contributed by atoms with van der Waals surface area (Å²) < 4.78 is 13.8. The van der Waals surface area contributed by atoms with Crippen molar-refractivity contribution in [1.82, 2.24) is 0 Å². The molecule has 0 atom stereocenters. The Morgan fingerprint density at radius 3 is 2.85 bits per heavy atom. The highest BCUT2D eigenvalue weighted by Gasteiger charge is 2.09. The van der Waals surface area contributed by atoms with Crippen molar-refractivity contribution in [1.29, 1.82) is 0 Å². The minimum Gasteiger partial charge on any atom is -0.304 e. The standard InChI is InChI=1S/C8H8BrClFNO/c9-6-1-2-7(11)5(8(6)10)3-4-13-12/h1-2H,3-4,12H2. The van der Waals surface area contributed by atoms with Crippen LogP contribution < -0.4 is 5.90 Å². The van der Waals surface area contributed by atoms with Crippen molar-refractivity contribution in [2.24, 2.45) is 5.90 Å². The quantitative estimate of drug-likeness (QED) is 0.676. The molecule has 0 unspecified atom stereocenters. The maximum atomic E-state index is 13.2. The Kier molecular flexibility index (Phi) is 4.12. The van der Waals surface area contributed by atoms with Gasteiger partial charge in [0.2, 0.25) is 0 Å². The Labute approximate surface area is 88.9 Å². The monoisotopic (exact) mass is 267 g/mol. The molecule has 1 aromatic rings. The van der Waals surface area contributed by atoms with Gasteiger partial charge in [-0.1, -0.05) is 11.6 Å². The smallest absolute Gasteiger partial charge is 0.128 e. The van der Waals surface area contributed by atoms with E-state index in [4.69, 9.17) is 17.5 Å². The van der Waals surface area contributed by atoms with Crippen molar-refractivity contribution >= 4 is 27.5 Å². The summed E-state index contributed by atoms with van der Waals surface area (Å²) in [5.74, 6) is 4.49. The minimum atomic E-state index is -0.342. The minimum absolute atomic E-state index is 0.243. The SMILES string of the molecule is NOCCc1c(F)ccc(Br)c1Cl. The summed E-state index contributed by atoms with van der Waals surface area (Å²) in [6.45, 7) is 0.243. The van der Waals surface area contributed by atoms with E-state index in [0.717, 1.165) is 0 Å². The summed E-state index contributed by atoms with van der Waals surface area (Å²) in [7, 11) is 0. The van der Waals surface area contributed by atoms with E-state index in [0.29, 0.717) is 21.5 Å². The number of halogens is 3. The lowest BCUT2D eigenvalue weighted by atomic mass is 10.1. The Bertz CT molecular complexity index is 308. The van der Waals surface area contributed by atoms with E-state index in [9.17, 15) is 4.39 Å². The van der Waals surface area contributed by atoms with E-state index in [1.165, 1.54) is 6.07 Å². The van der Waals surface area contributed by atoms with Crippen LogP contribution in [0.2, 0.25) is 5.02 Å². The third-order valence-electron chi connectivity index (χ3n) is 1.61. The fourth-order valence-corrected chi connectivity index (χ4v) is 1.58. The van der Waals surface area contributed by atoms with Gasteiger partial charge in [-0.3, -0.25) is 0 Å². The summed E-state index contributed by atoms with van der Waals surface area (Å²) in [5, 5.41) is 0.372. The highest BCUT2D eigenvalue weighted by molar-refractivity contribution is 9.10. The average molecular weight is 269 g/mol. The van der Waals surface area contributed by atoms with Crippen molar-refractivity contribution in [2.75, 3.05) is 6.61 Å². The number of nitrogens with two attached hydrogens (primary N) is 1. The molecule has 13 heavy (non-hydrogen) atoms. The molecule has 2 N–H and O–H groups in total. The van der Waals surface area contributed by atoms with Gasteiger partial charge in [0.25, 0.3) is 0 Å². The van der Waals surface area contributed by atoms with Gasteiger partial charge in [0.1, 0.15) is 5.82 Å². The maximum Gasteiger partial charge on any atom is 0.128 e. The zero-order valence-electron chi connectivity index (χ0n) is 6.69. The van der Waals surface area contributed by atoms with Gasteiger partial charge in [0.15, 0.2) is 0 Å². The first-order valence-corrected chi connectivity index (χ1v) is 4.78. The van der Waals surface area contributed by atoms with E-state index >= 15 is 0 Å². The average Bonchev–Trinajstić information content (AvgIpc) is 2.12. The van der Waals surface area contributed by atoms with Crippen LogP contribution in [-0.4, -0.2) is 6.61 Å². The summed E-state index contributed by atoms with van der Waals surface area (Å²) in [5.41, 5.74) is 0.418. The van der Waals surface area contributed by atoms with Crippen molar-refractivity contribution in [2.45, 2.75) is 6.42 Å². The topological polar surface area (TPSA) is 35.2 Å². The summed E-state index contributed by atoms with van der Waals surface area (Å²) in [6.07, 6.45) is 0.362. The van der Waals surface area contributed by atoms with Crippen LogP contribution in [0.25, 0.3) is 0 Å². The third kappa shape index (κ3) is 2.64. The van der Waals surface area contributed by atoms with Gasteiger partial charge in [-0.15, -0.1) is 0 Å². The molecule has 0 bridgehead atoms. The number of hydrogen-bond donors (Lipinski definition) is 1. The Morgan fingerprint density at radius 2 is 2.23 bits per heavy atom. The molecule has 0 saturated carbocycles. The molecule has 0 aromatic heterocycles. The van der Waals surface area contributed by atoms with Crippen molar-refractivity contribution < 1.29 is 9.23 Å². The lowest BCUT2D eigenvalue weighted by molar-refractivity contribution is 0.140. The molecule has 0 spiro atoms. The largest absolute Gasteiger partial charge is 0.304 e. The van der Waals surface area contributed by atoms with Crippen LogP contribution >= 0.6 is 27.5 Å². The zero-order chi connectivity index (χ0) is 9.84. The number of hydrogen-bond acceptors (Lipinski definition) is 2. The van der Waals surface area contributed by atoms with Crippen LogP contribution in [0, 0.1) is 5.82 Å². The molecule has 0 heterocycles. The van der Waals surface area contributed by atoms with Crippen LogP contribution in [-0.2, 0) is 11.3 Å². The summed E-state index contributed by atoms with van der Waals surface area (Å²) in [4.78, 5) is 4.36. The van der Waals surface area contributed by atoms with Gasteiger partial charge >= 0.3 is 0 Å². The Balaban J connectivity index is 2.96. The molecule has 2 nitrogen and oxygen atoms in total. The molecule has 0 fully saturated rings. The highest BCUT2D eigenvalue weighted by atomic mass is 79.9. The van der Waals surface area contributed by atoms with Crippen molar-refractivity contribution in [3.63, 3.8) is 0 Å². The Hall–Kier alpha value is -0.160. The molecular formula is C8H8BrClFNO. The number of rotatable bonds is 3. The van der Waals surface area contributed by atoms with Gasteiger partial charge in [0.05, 0.1) is 11.6 Å². The van der Waals surface area contributed by atoms with E-state index in [1.54, 1.807) is 6.07 Å². The summed E-state index contributed by atoms with van der Waals surface area (Å²) >= 11 is 9.05. The molecule has 0 aliphatic rings. The maximum absolute atomic E-state index is 13.2. The first-order valence-electron chi connectivity index (χ1n) is 3.61. The Morgan fingerprint density at radius 1 is 1.54 bits per heavy atom. The van der Waals surface area contributed by atoms with Gasteiger partial charge < -0.3 is 4.84 Å². The molecular weight excluding hydrogens is 260 g/mol. The first-order chi connectivity index (χ1) is 6.16. The van der Waals surface area contributed by atoms with Crippen LogP contribution in [0.1, 0.15) is 5.56 Å². The molecule has 1 aromatic carbocycles. The van der Waals surface area contributed by atoms with Crippen LogP contribution in [0.5, 0.6) is 0 Å². The summed E-state index contributed by atoms with van der Waals surface area (Å²) in [6, 6.07) is 2.91. The molecule has 0 radical (unpaired) electrons. The van der Waals surface area contributed by atoms with E-state index in [2.05, 4.69) is 20.8 Å². The first kappa shape index (κ1) is 10.9. The molecule has 0 aliphatic heterocycles. The predicted molar refractivity (Wildman–Crippen MR) is 53.0 cm³/mol. The zero-order valence-corrected chi connectivity index (χ0v) is 9.03. The van der Waals surface area contributed by atoms with Crippen LogP contribution in [0.3, 0.4) is 0 Å². The predicted octanol–water partition coefficient (Wildman–Crippen LogP) is 2.67. The van der Waals surface area contributed by atoms with Crippen molar-refractivity contribution in [3.8, 4) is 0 Å². The lowest BCUT2D eigenvalue weighted by Crippen LogP contribution is -2.05. The van der Waals surface area contributed by atoms with E-state index in [-0.39, 0.29) is 12.4 Å². The normalized spacial score (nSPS) is 10.5. The van der Waals surface area contributed by atoms with Gasteiger partial charge in [-0.05, 0) is 28.1 Å². The second-order valence-corrected chi connectivity index (χ2v) is 3.67. The van der Waals surface area contributed by atoms with Crippen LogP contribution in [0.15, 0.2) is 16.6 Å². The van der Waals surface area contributed by atoms with Crippen LogP contribution in [0.4, 0.5) is 4.39 Å². The highest BCUT2D eigenvalue weighted by Crippen LogP contribution is 2.28. The van der Waals surface area contributed by atoms with E-state index in [1.807, 2.05) is 0 Å². The van der Waals surface area contributed by atoms with Gasteiger partial charge in [-0.2, -0.15) is 0 Å². The molecule has 0 aliphatic carbocycles. The molecule has 5 heteroatoms. The number of benzene rings is 1. The second kappa shape index (κ2) is 4.91. The second-order valence-electron chi connectivity index (χ2n) is 2.44. The third-order valence-corrected chi connectivity index (χ3v) is 2.93. The fraction of sp³-hybridized carbons (Fsp3) is 0.250.